The molecule has 0 N–H and O–H groups in total. The largest absolute Gasteiger partial charge is 0.493 e. The van der Waals surface area contributed by atoms with Crippen molar-refractivity contribution < 1.29 is 4.74 Å². The molecule has 1 aliphatic rings. The summed E-state index contributed by atoms with van der Waals surface area (Å²) in [5, 5.41) is 2.61. The molecular weight excluding hydrogens is 252 g/mol. The van der Waals surface area contributed by atoms with Crippen LogP contribution in [0.3, 0.4) is 0 Å². The van der Waals surface area contributed by atoms with Gasteiger partial charge in [-0.15, -0.1) is 0 Å². The van der Waals surface area contributed by atoms with Crippen molar-refractivity contribution in [3.63, 3.8) is 0 Å². The van der Waals surface area contributed by atoms with Crippen LogP contribution in [-0.2, 0) is 6.42 Å². The highest BCUT2D eigenvalue weighted by Crippen LogP contribution is 2.33. The van der Waals surface area contributed by atoms with Crippen molar-refractivity contribution >= 4 is 26.7 Å². The Bertz CT molecular complexity index is 519. The van der Waals surface area contributed by atoms with Crippen molar-refractivity contribution in [1.29, 1.82) is 0 Å². The number of benzene rings is 2. The van der Waals surface area contributed by atoms with E-state index in [1.807, 2.05) is 0 Å². The lowest BCUT2D eigenvalue weighted by atomic mass is 9.98. The molecular formula is C13H11BrO. The second-order valence-electron chi connectivity index (χ2n) is 3.86. The Kier molecular flexibility index (Phi) is 2.17. The number of rotatable bonds is 0. The maximum atomic E-state index is 5.65. The monoisotopic (exact) mass is 262 g/mol. The first-order valence-electron chi connectivity index (χ1n) is 5.18. The first kappa shape index (κ1) is 9.22. The van der Waals surface area contributed by atoms with Crippen molar-refractivity contribution in [1.82, 2.24) is 0 Å². The molecule has 3 rings (SSSR count). The number of fused-ring (bicyclic) bond motifs is 3. The second-order valence-corrected chi connectivity index (χ2v) is 4.78. The fourth-order valence-electron chi connectivity index (χ4n) is 2.17. The maximum Gasteiger partial charge on any atom is 0.123 e. The molecule has 2 aromatic carbocycles. The van der Waals surface area contributed by atoms with Crippen LogP contribution in [0.15, 0.2) is 34.8 Å². The Morgan fingerprint density at radius 1 is 1.13 bits per heavy atom. The van der Waals surface area contributed by atoms with Crippen LogP contribution in [0.2, 0.25) is 0 Å². The van der Waals surface area contributed by atoms with Crippen LogP contribution in [0.5, 0.6) is 5.75 Å². The maximum absolute atomic E-state index is 5.65. The van der Waals surface area contributed by atoms with Crippen molar-refractivity contribution in [2.45, 2.75) is 12.8 Å². The molecule has 0 saturated carbocycles. The molecule has 15 heavy (non-hydrogen) atoms. The first-order chi connectivity index (χ1) is 7.34. The van der Waals surface area contributed by atoms with Gasteiger partial charge >= 0.3 is 0 Å². The number of hydrogen-bond acceptors (Lipinski definition) is 1. The van der Waals surface area contributed by atoms with Crippen LogP contribution >= 0.6 is 15.9 Å². The van der Waals surface area contributed by atoms with Crippen molar-refractivity contribution in [3.8, 4) is 5.75 Å². The minimum absolute atomic E-state index is 0.856. The molecule has 1 aliphatic heterocycles. The van der Waals surface area contributed by atoms with E-state index < -0.39 is 0 Å². The molecule has 2 heteroatoms. The third kappa shape index (κ3) is 1.53. The van der Waals surface area contributed by atoms with E-state index in [-0.39, 0.29) is 0 Å². The summed E-state index contributed by atoms with van der Waals surface area (Å²) in [5.74, 6) is 1.07. The average Bonchev–Trinajstić information content (AvgIpc) is 2.28. The fraction of sp³-hybridized carbons (Fsp3) is 0.231. The number of ether oxygens (including phenoxy) is 1. The van der Waals surface area contributed by atoms with E-state index in [0.717, 1.165) is 29.7 Å². The molecule has 0 aliphatic carbocycles. The summed E-state index contributed by atoms with van der Waals surface area (Å²) in [4.78, 5) is 0. The number of halogens is 1. The van der Waals surface area contributed by atoms with Gasteiger partial charge in [0.2, 0.25) is 0 Å². The number of hydrogen-bond donors (Lipinski definition) is 0. The molecule has 0 aromatic heterocycles. The van der Waals surface area contributed by atoms with Crippen LogP contribution in [0.1, 0.15) is 12.0 Å². The third-order valence-corrected chi connectivity index (χ3v) is 3.37. The van der Waals surface area contributed by atoms with Gasteiger partial charge in [-0.05, 0) is 41.8 Å². The molecule has 0 unspecified atom stereocenters. The van der Waals surface area contributed by atoms with Crippen molar-refractivity contribution in [2.24, 2.45) is 0 Å². The van der Waals surface area contributed by atoms with Crippen LogP contribution in [0, 0.1) is 0 Å². The Labute approximate surface area is 97.2 Å². The van der Waals surface area contributed by atoms with Gasteiger partial charge in [0.25, 0.3) is 0 Å². The van der Waals surface area contributed by atoms with Gasteiger partial charge in [-0.2, -0.15) is 0 Å². The van der Waals surface area contributed by atoms with Crippen LogP contribution in [0.4, 0.5) is 0 Å². The molecule has 76 valence electrons. The lowest BCUT2D eigenvalue weighted by molar-refractivity contribution is 0.289. The predicted octanol–water partition coefficient (Wildman–Crippen LogP) is 3.93. The normalized spacial score (nSPS) is 14.7. The second kappa shape index (κ2) is 3.53. The minimum Gasteiger partial charge on any atom is -0.493 e. The van der Waals surface area contributed by atoms with Gasteiger partial charge < -0.3 is 4.74 Å². The van der Waals surface area contributed by atoms with E-state index in [9.17, 15) is 0 Å². The predicted molar refractivity (Wildman–Crippen MR) is 65.5 cm³/mol. The van der Waals surface area contributed by atoms with Gasteiger partial charge in [0, 0.05) is 10.0 Å². The zero-order chi connectivity index (χ0) is 10.3. The van der Waals surface area contributed by atoms with Crippen LogP contribution in [-0.4, -0.2) is 6.61 Å². The van der Waals surface area contributed by atoms with E-state index in [1.165, 1.54) is 16.3 Å². The van der Waals surface area contributed by atoms with Crippen LogP contribution < -0.4 is 4.74 Å². The lowest BCUT2D eigenvalue weighted by Crippen LogP contribution is -2.08. The van der Waals surface area contributed by atoms with Gasteiger partial charge in [0.1, 0.15) is 5.75 Å². The summed E-state index contributed by atoms with van der Waals surface area (Å²) in [5.41, 5.74) is 1.37. The highest BCUT2D eigenvalue weighted by molar-refractivity contribution is 9.10. The third-order valence-electron chi connectivity index (χ3n) is 2.88. The highest BCUT2D eigenvalue weighted by atomic mass is 79.9. The lowest BCUT2D eigenvalue weighted by Gasteiger charge is -2.18. The summed E-state index contributed by atoms with van der Waals surface area (Å²) in [6.07, 6.45) is 2.26. The molecule has 0 radical (unpaired) electrons. The Hall–Kier alpha value is -1.02. The van der Waals surface area contributed by atoms with E-state index in [1.54, 1.807) is 0 Å². The average molecular weight is 263 g/mol. The zero-order valence-corrected chi connectivity index (χ0v) is 9.88. The van der Waals surface area contributed by atoms with E-state index in [2.05, 4.69) is 46.3 Å². The molecule has 0 amide bonds. The summed E-state index contributed by atoms with van der Waals surface area (Å²) in [7, 11) is 0. The summed E-state index contributed by atoms with van der Waals surface area (Å²) in [6, 6.07) is 10.6. The summed E-state index contributed by atoms with van der Waals surface area (Å²) in [6.45, 7) is 0.856. The Balaban J connectivity index is 2.32. The molecule has 1 heterocycles. The van der Waals surface area contributed by atoms with Gasteiger partial charge in [-0.1, -0.05) is 28.1 Å². The highest BCUT2D eigenvalue weighted by Gasteiger charge is 2.12. The van der Waals surface area contributed by atoms with Gasteiger partial charge in [-0.25, -0.2) is 0 Å². The summed E-state index contributed by atoms with van der Waals surface area (Å²) < 4.78 is 6.78. The van der Waals surface area contributed by atoms with E-state index in [4.69, 9.17) is 4.74 Å². The molecule has 1 nitrogen and oxygen atoms in total. The fourth-order valence-corrected chi connectivity index (χ4v) is 2.55. The molecule has 0 fully saturated rings. The molecule has 2 aromatic rings. The molecule has 0 spiro atoms. The van der Waals surface area contributed by atoms with Gasteiger partial charge in [0.05, 0.1) is 6.61 Å². The van der Waals surface area contributed by atoms with Crippen LogP contribution in [0.25, 0.3) is 10.8 Å². The Morgan fingerprint density at radius 2 is 2.07 bits per heavy atom. The standard InChI is InChI=1S/C13H11BrO/c14-10-4-5-11-9(8-10)3-6-13-12(11)2-1-7-15-13/h3-6,8H,1-2,7H2. The van der Waals surface area contributed by atoms with E-state index >= 15 is 0 Å². The molecule has 0 bridgehead atoms. The first-order valence-corrected chi connectivity index (χ1v) is 5.98. The Morgan fingerprint density at radius 3 is 3.00 bits per heavy atom. The molecule has 0 atom stereocenters. The molecule has 0 saturated heterocycles. The van der Waals surface area contributed by atoms with Gasteiger partial charge in [-0.3, -0.25) is 0 Å². The van der Waals surface area contributed by atoms with Crippen molar-refractivity contribution in [3.05, 3.63) is 40.4 Å². The zero-order valence-electron chi connectivity index (χ0n) is 8.29. The summed E-state index contributed by atoms with van der Waals surface area (Å²) >= 11 is 3.50. The number of aryl methyl sites for hydroxylation is 1. The van der Waals surface area contributed by atoms with Gasteiger partial charge in [0.15, 0.2) is 0 Å². The topological polar surface area (TPSA) is 9.23 Å². The smallest absolute Gasteiger partial charge is 0.123 e. The van der Waals surface area contributed by atoms with E-state index in [0.29, 0.717) is 0 Å². The minimum atomic E-state index is 0.856. The van der Waals surface area contributed by atoms with Crippen molar-refractivity contribution in [2.75, 3.05) is 6.61 Å². The SMILES string of the molecule is Brc1ccc2c3c(ccc2c1)OCCC3. The quantitative estimate of drug-likeness (QED) is 0.699.